The number of aromatic nitrogens is 1. The predicted molar refractivity (Wildman–Crippen MR) is 119 cm³/mol. The monoisotopic (exact) mass is 477 g/mol. The van der Waals surface area contributed by atoms with Crippen LogP contribution in [-0.2, 0) is 17.4 Å². The van der Waals surface area contributed by atoms with Crippen LogP contribution in [0.2, 0.25) is 0 Å². The summed E-state index contributed by atoms with van der Waals surface area (Å²) in [5.74, 6) is -0.848. The van der Waals surface area contributed by atoms with E-state index in [4.69, 9.17) is 9.84 Å². The molecule has 0 fully saturated rings. The Bertz CT molecular complexity index is 1150. The van der Waals surface area contributed by atoms with Crippen LogP contribution in [0.25, 0.3) is 10.6 Å². The van der Waals surface area contributed by atoms with Crippen molar-refractivity contribution >= 4 is 23.1 Å². The van der Waals surface area contributed by atoms with E-state index in [1.807, 2.05) is 0 Å². The lowest BCUT2D eigenvalue weighted by Crippen LogP contribution is -2.37. The number of ketones is 1. The number of alkyl halides is 3. The summed E-state index contributed by atoms with van der Waals surface area (Å²) >= 11 is 1.35. The number of carbonyl (C=O) groups excluding carboxylic acids is 1. The number of carboxylic acids is 1. The van der Waals surface area contributed by atoms with Crippen molar-refractivity contribution in [1.82, 2.24) is 4.98 Å². The number of carbonyl (C=O) groups is 2. The number of Topliss-reactive ketones (excluding diaryl/α,β-unsaturated/α-hetero) is 1. The molecule has 0 saturated carbocycles. The van der Waals surface area contributed by atoms with Crippen molar-refractivity contribution in [2.45, 2.75) is 45.4 Å². The van der Waals surface area contributed by atoms with Crippen LogP contribution in [-0.4, -0.2) is 27.4 Å². The number of halogens is 3. The minimum atomic E-state index is -4.39. The van der Waals surface area contributed by atoms with Gasteiger partial charge in [-0.15, -0.1) is 11.3 Å². The van der Waals surface area contributed by atoms with E-state index in [9.17, 15) is 22.8 Å². The first-order chi connectivity index (χ1) is 15.4. The molecular weight excluding hydrogens is 455 g/mol. The molecule has 1 heterocycles. The molecule has 3 rings (SSSR count). The van der Waals surface area contributed by atoms with E-state index < -0.39 is 23.3 Å². The van der Waals surface area contributed by atoms with E-state index in [2.05, 4.69) is 4.98 Å². The van der Waals surface area contributed by atoms with E-state index in [-0.39, 0.29) is 12.2 Å². The molecule has 9 heteroatoms. The second kappa shape index (κ2) is 9.35. The number of ether oxygens (including phenoxy) is 1. The Balaban J connectivity index is 1.64. The van der Waals surface area contributed by atoms with Crippen LogP contribution in [0.5, 0.6) is 5.75 Å². The van der Waals surface area contributed by atoms with E-state index in [0.717, 1.165) is 22.7 Å². The van der Waals surface area contributed by atoms with Crippen LogP contribution in [0.15, 0.2) is 48.5 Å². The highest BCUT2D eigenvalue weighted by molar-refractivity contribution is 7.15. The van der Waals surface area contributed by atoms with Crippen LogP contribution in [0.1, 0.15) is 46.8 Å². The molecule has 1 aromatic heterocycles. The first-order valence-electron chi connectivity index (χ1n) is 10.1. The lowest BCUT2D eigenvalue weighted by Gasteiger charge is -2.21. The van der Waals surface area contributed by atoms with Crippen LogP contribution in [0.3, 0.4) is 0 Å². The number of carboxylic acid groups (broad SMARTS) is 1. The zero-order valence-electron chi connectivity index (χ0n) is 18.2. The highest BCUT2D eigenvalue weighted by Crippen LogP contribution is 2.33. The van der Waals surface area contributed by atoms with Gasteiger partial charge in [-0.2, -0.15) is 13.2 Å². The number of aryl methyl sites for hydroxylation is 2. The molecule has 0 aliphatic carbocycles. The summed E-state index contributed by atoms with van der Waals surface area (Å²) in [6.45, 7) is 4.68. The van der Waals surface area contributed by atoms with Crippen molar-refractivity contribution in [1.29, 1.82) is 0 Å². The Labute approximate surface area is 192 Å². The smallest absolute Gasteiger partial charge is 0.416 e. The van der Waals surface area contributed by atoms with Crippen LogP contribution in [0, 0.1) is 6.92 Å². The van der Waals surface area contributed by atoms with Crippen molar-refractivity contribution in [3.63, 3.8) is 0 Å². The van der Waals surface area contributed by atoms with Gasteiger partial charge in [0.25, 0.3) is 0 Å². The Morgan fingerprint density at radius 1 is 1.03 bits per heavy atom. The second-order valence-electron chi connectivity index (χ2n) is 7.97. The molecule has 0 unspecified atom stereocenters. The predicted octanol–water partition coefficient (Wildman–Crippen LogP) is 6.19. The molecule has 0 aliphatic heterocycles. The summed E-state index contributed by atoms with van der Waals surface area (Å²) in [5.41, 5.74) is -0.301. The summed E-state index contributed by atoms with van der Waals surface area (Å²) in [7, 11) is 0. The van der Waals surface area contributed by atoms with Gasteiger partial charge >= 0.3 is 12.1 Å². The third kappa shape index (κ3) is 5.98. The maximum atomic E-state index is 12.8. The van der Waals surface area contributed by atoms with Crippen LogP contribution < -0.4 is 4.74 Å². The topological polar surface area (TPSA) is 76.5 Å². The fourth-order valence-corrected chi connectivity index (χ4v) is 4.07. The molecule has 0 amide bonds. The quantitative estimate of drug-likeness (QED) is 0.391. The highest BCUT2D eigenvalue weighted by atomic mass is 32.1. The molecule has 2 aromatic carbocycles. The number of rotatable bonds is 8. The van der Waals surface area contributed by atoms with Crippen molar-refractivity contribution in [2.75, 3.05) is 0 Å². The molecule has 5 nitrogen and oxygen atoms in total. The number of thiazole rings is 1. The molecular formula is C24H22F3NO4S. The maximum absolute atomic E-state index is 12.8. The van der Waals surface area contributed by atoms with Crippen molar-refractivity contribution in [3.05, 3.63) is 70.2 Å². The van der Waals surface area contributed by atoms with Crippen LogP contribution >= 0.6 is 11.3 Å². The first kappa shape index (κ1) is 24.4. The molecule has 0 aliphatic rings. The molecule has 0 atom stereocenters. The standard InChI is InChI=1S/C24H22F3NO4S/c1-14-20(33-21(28-14)16-4-8-17(9-5-16)24(25,26)27)13-12-19(29)15-6-10-18(11-7-15)32-23(2,3)22(30)31/h4-11H,12-13H2,1-3H3,(H,30,31). The fourth-order valence-electron chi connectivity index (χ4n) is 3.00. The van der Waals surface area contributed by atoms with Gasteiger partial charge in [0.05, 0.1) is 11.3 Å². The summed E-state index contributed by atoms with van der Waals surface area (Å²) in [6, 6.07) is 11.1. The van der Waals surface area contributed by atoms with Crippen LogP contribution in [0.4, 0.5) is 13.2 Å². The third-order valence-electron chi connectivity index (χ3n) is 5.00. The van der Waals surface area contributed by atoms with Gasteiger partial charge in [0.2, 0.25) is 0 Å². The Morgan fingerprint density at radius 2 is 1.64 bits per heavy atom. The second-order valence-corrected chi connectivity index (χ2v) is 9.05. The van der Waals surface area contributed by atoms with E-state index >= 15 is 0 Å². The molecule has 0 saturated heterocycles. The third-order valence-corrected chi connectivity index (χ3v) is 6.26. The molecule has 33 heavy (non-hydrogen) atoms. The summed E-state index contributed by atoms with van der Waals surface area (Å²) in [5, 5.41) is 9.74. The number of aliphatic carboxylic acids is 1. The van der Waals surface area contributed by atoms with E-state index in [1.165, 1.54) is 37.3 Å². The highest BCUT2D eigenvalue weighted by Gasteiger charge is 2.30. The first-order valence-corrected chi connectivity index (χ1v) is 10.9. The average molecular weight is 478 g/mol. The average Bonchev–Trinajstić information content (AvgIpc) is 3.12. The lowest BCUT2D eigenvalue weighted by atomic mass is 10.1. The number of hydrogen-bond acceptors (Lipinski definition) is 5. The van der Waals surface area contributed by atoms with Gasteiger partial charge in [0.1, 0.15) is 10.8 Å². The minimum Gasteiger partial charge on any atom is -0.478 e. The van der Waals surface area contributed by atoms with Gasteiger partial charge in [0, 0.05) is 22.4 Å². The van der Waals surface area contributed by atoms with Crippen molar-refractivity contribution in [2.24, 2.45) is 0 Å². The largest absolute Gasteiger partial charge is 0.478 e. The maximum Gasteiger partial charge on any atom is 0.416 e. The molecule has 0 bridgehead atoms. The zero-order valence-corrected chi connectivity index (χ0v) is 19.0. The van der Waals surface area contributed by atoms with Crippen molar-refractivity contribution in [3.8, 4) is 16.3 Å². The summed E-state index contributed by atoms with van der Waals surface area (Å²) in [4.78, 5) is 29.1. The number of nitrogens with zero attached hydrogens (tertiary/aromatic N) is 1. The van der Waals surface area contributed by atoms with Gasteiger partial charge < -0.3 is 9.84 Å². The molecule has 174 valence electrons. The SMILES string of the molecule is Cc1nc(-c2ccc(C(F)(F)F)cc2)sc1CCC(=O)c1ccc(OC(C)(C)C(=O)O)cc1. The molecule has 1 N–H and O–H groups in total. The van der Waals surface area contributed by atoms with Gasteiger partial charge in [-0.1, -0.05) is 12.1 Å². The Morgan fingerprint density at radius 3 is 2.18 bits per heavy atom. The van der Waals surface area contributed by atoms with Gasteiger partial charge in [-0.25, -0.2) is 9.78 Å². The number of hydrogen-bond donors (Lipinski definition) is 1. The van der Waals surface area contributed by atoms with Gasteiger partial charge in [-0.3, -0.25) is 4.79 Å². The zero-order chi connectivity index (χ0) is 24.4. The van der Waals surface area contributed by atoms with Gasteiger partial charge in [0.15, 0.2) is 11.4 Å². The fraction of sp³-hybridized carbons (Fsp3) is 0.292. The normalized spacial score (nSPS) is 11.9. The summed E-state index contributed by atoms with van der Waals surface area (Å²) < 4.78 is 43.7. The van der Waals surface area contributed by atoms with Gasteiger partial charge in [-0.05, 0) is 63.6 Å². The van der Waals surface area contributed by atoms with E-state index in [0.29, 0.717) is 28.3 Å². The minimum absolute atomic E-state index is 0.0945. The molecule has 0 spiro atoms. The molecule has 3 aromatic rings. The Hall–Kier alpha value is -3.20. The molecule has 0 radical (unpaired) electrons. The lowest BCUT2D eigenvalue weighted by molar-refractivity contribution is -0.152. The number of benzene rings is 2. The Kier molecular flexibility index (Phi) is 6.92. The van der Waals surface area contributed by atoms with E-state index in [1.54, 1.807) is 31.2 Å². The summed E-state index contributed by atoms with van der Waals surface area (Å²) in [6.07, 6.45) is -3.71. The van der Waals surface area contributed by atoms with Crippen molar-refractivity contribution < 1.29 is 32.6 Å².